The van der Waals surface area contributed by atoms with Gasteiger partial charge in [0.2, 0.25) is 17.1 Å². The lowest BCUT2D eigenvalue weighted by atomic mass is 10.2. The van der Waals surface area contributed by atoms with Gasteiger partial charge in [-0.3, -0.25) is 10.1 Å². The molecule has 2 aromatic heterocycles. The Bertz CT molecular complexity index is 1530. The minimum Gasteiger partial charge on any atom is -0.333 e. The number of aromatic nitrogens is 5. The van der Waals surface area contributed by atoms with E-state index >= 15 is 0 Å². The van der Waals surface area contributed by atoms with E-state index in [0.717, 1.165) is 22.3 Å². The summed E-state index contributed by atoms with van der Waals surface area (Å²) in [6.07, 6.45) is 0. The Morgan fingerprint density at radius 2 is 1.74 bits per heavy atom. The highest BCUT2D eigenvalue weighted by Gasteiger charge is 2.14. The third-order valence-corrected chi connectivity index (χ3v) is 5.92. The van der Waals surface area contributed by atoms with E-state index in [1.54, 1.807) is 24.3 Å². The molecule has 0 aliphatic rings. The first kappa shape index (κ1) is 22.6. The summed E-state index contributed by atoms with van der Waals surface area (Å²) in [6, 6.07) is 19.2. The molecular formula is C23H17ClN8O2S. The fraction of sp³-hybridized carbons (Fsp3) is 0.0435. The Kier molecular flexibility index (Phi) is 6.17. The van der Waals surface area contributed by atoms with Gasteiger partial charge in [-0.05, 0) is 54.6 Å². The van der Waals surface area contributed by atoms with Crippen molar-refractivity contribution in [3.8, 4) is 0 Å². The summed E-state index contributed by atoms with van der Waals surface area (Å²) in [4.78, 5) is 32.0. The highest BCUT2D eigenvalue weighted by molar-refractivity contribution is 7.99. The molecule has 12 heteroatoms. The van der Waals surface area contributed by atoms with E-state index in [9.17, 15) is 10.1 Å². The molecule has 5 aromatic rings. The van der Waals surface area contributed by atoms with Crippen molar-refractivity contribution in [3.63, 3.8) is 0 Å². The number of halogens is 1. The number of H-pyrrole nitrogens is 1. The molecule has 2 heterocycles. The zero-order valence-electron chi connectivity index (χ0n) is 18.2. The number of rotatable bonds is 7. The maximum absolute atomic E-state index is 11.2. The number of imidazole rings is 1. The van der Waals surface area contributed by atoms with Crippen molar-refractivity contribution < 1.29 is 4.92 Å². The van der Waals surface area contributed by atoms with E-state index in [1.807, 2.05) is 37.3 Å². The fourth-order valence-corrected chi connectivity index (χ4v) is 4.17. The average molecular weight is 505 g/mol. The van der Waals surface area contributed by atoms with Crippen molar-refractivity contribution in [3.05, 3.63) is 87.4 Å². The zero-order chi connectivity index (χ0) is 24.4. The van der Waals surface area contributed by atoms with Gasteiger partial charge in [0.25, 0.3) is 5.69 Å². The van der Waals surface area contributed by atoms with Gasteiger partial charge < -0.3 is 15.6 Å². The van der Waals surface area contributed by atoms with Crippen molar-refractivity contribution in [1.29, 1.82) is 0 Å². The number of aromatic amines is 1. The maximum atomic E-state index is 11.2. The second-order valence-electron chi connectivity index (χ2n) is 7.44. The minimum atomic E-state index is -0.462. The molecule has 10 nitrogen and oxygen atoms in total. The lowest BCUT2D eigenvalue weighted by Crippen LogP contribution is -2.06. The second kappa shape index (κ2) is 9.57. The molecule has 0 aliphatic carbocycles. The maximum Gasteiger partial charge on any atom is 0.271 e. The van der Waals surface area contributed by atoms with Crippen molar-refractivity contribution in [2.24, 2.45) is 0 Å². The van der Waals surface area contributed by atoms with Crippen molar-refractivity contribution in [2.45, 2.75) is 17.2 Å². The third kappa shape index (κ3) is 5.31. The number of hydrogen-bond acceptors (Lipinski definition) is 9. The molecular weight excluding hydrogens is 488 g/mol. The number of nitro benzene ring substituents is 1. The second-order valence-corrected chi connectivity index (χ2v) is 8.84. The Morgan fingerprint density at radius 3 is 2.54 bits per heavy atom. The molecule has 0 aliphatic heterocycles. The average Bonchev–Trinajstić information content (AvgIpc) is 3.24. The molecule has 0 atom stereocenters. The largest absolute Gasteiger partial charge is 0.333 e. The Balaban J connectivity index is 1.50. The van der Waals surface area contributed by atoms with Crippen LogP contribution in [0.25, 0.3) is 11.0 Å². The molecule has 0 radical (unpaired) electrons. The number of anilines is 4. The van der Waals surface area contributed by atoms with Gasteiger partial charge >= 0.3 is 0 Å². The summed E-state index contributed by atoms with van der Waals surface area (Å²) in [7, 11) is 0. The number of nitrogens with zero attached hydrogens (tertiary/aromatic N) is 5. The van der Waals surface area contributed by atoms with Gasteiger partial charge in [0, 0.05) is 28.5 Å². The molecule has 0 fully saturated rings. The van der Waals surface area contributed by atoms with Crippen LogP contribution in [-0.4, -0.2) is 29.8 Å². The van der Waals surface area contributed by atoms with Gasteiger partial charge in [0.05, 0.1) is 16.0 Å². The van der Waals surface area contributed by atoms with E-state index in [0.29, 0.717) is 21.0 Å². The summed E-state index contributed by atoms with van der Waals surface area (Å²) in [5.41, 5.74) is 3.83. The van der Waals surface area contributed by atoms with Gasteiger partial charge in [-0.15, -0.1) is 0 Å². The number of hydrogen-bond donors (Lipinski definition) is 3. The number of non-ortho nitro benzene ring substituents is 1. The Hall–Kier alpha value is -4.22. The quantitative estimate of drug-likeness (QED) is 0.173. The number of para-hydroxylation sites is 2. The van der Waals surface area contributed by atoms with Crippen LogP contribution in [-0.2, 0) is 0 Å². The van der Waals surface area contributed by atoms with Crippen LogP contribution in [0.1, 0.15) is 5.56 Å². The molecule has 0 saturated carbocycles. The van der Waals surface area contributed by atoms with E-state index in [1.165, 1.54) is 23.9 Å². The van der Waals surface area contributed by atoms with Gasteiger partial charge in [0.1, 0.15) is 0 Å². The van der Waals surface area contributed by atoms with Gasteiger partial charge in [0.15, 0.2) is 5.16 Å². The summed E-state index contributed by atoms with van der Waals surface area (Å²) in [5, 5.41) is 18.9. The molecule has 5 rings (SSSR count). The monoisotopic (exact) mass is 504 g/mol. The Morgan fingerprint density at radius 1 is 0.943 bits per heavy atom. The van der Waals surface area contributed by atoms with Crippen LogP contribution in [0.5, 0.6) is 0 Å². The number of nitro groups is 1. The zero-order valence-corrected chi connectivity index (χ0v) is 19.8. The third-order valence-electron chi connectivity index (χ3n) is 4.93. The Labute approximate surface area is 208 Å². The molecule has 3 aromatic carbocycles. The molecule has 0 unspecified atom stereocenters. The summed E-state index contributed by atoms with van der Waals surface area (Å²) in [5.74, 6) is 0.484. The number of nitrogens with one attached hydrogen (secondary N) is 3. The van der Waals surface area contributed by atoms with Crippen molar-refractivity contribution >= 4 is 63.4 Å². The predicted molar refractivity (Wildman–Crippen MR) is 136 cm³/mol. The molecule has 0 amide bonds. The summed E-state index contributed by atoms with van der Waals surface area (Å²) in [6.45, 7) is 1.94. The van der Waals surface area contributed by atoms with E-state index in [4.69, 9.17) is 11.6 Å². The van der Waals surface area contributed by atoms with Gasteiger partial charge in [-0.25, -0.2) is 4.98 Å². The molecule has 174 valence electrons. The highest BCUT2D eigenvalue weighted by atomic mass is 35.5. The topological polar surface area (TPSA) is 135 Å². The normalized spacial score (nSPS) is 10.9. The lowest BCUT2D eigenvalue weighted by Gasteiger charge is -2.11. The van der Waals surface area contributed by atoms with Crippen molar-refractivity contribution in [2.75, 3.05) is 10.6 Å². The smallest absolute Gasteiger partial charge is 0.271 e. The predicted octanol–water partition coefficient (Wildman–Crippen LogP) is 6.26. The molecule has 0 saturated heterocycles. The fourth-order valence-electron chi connectivity index (χ4n) is 3.25. The van der Waals surface area contributed by atoms with Crippen LogP contribution < -0.4 is 10.6 Å². The first-order valence-electron chi connectivity index (χ1n) is 10.4. The van der Waals surface area contributed by atoms with Crippen LogP contribution in [0.4, 0.5) is 29.0 Å². The number of fused-ring (bicyclic) bond motifs is 1. The summed E-state index contributed by atoms with van der Waals surface area (Å²) < 4.78 is 0. The van der Waals surface area contributed by atoms with E-state index in [2.05, 4.69) is 35.6 Å². The van der Waals surface area contributed by atoms with Crippen molar-refractivity contribution in [1.82, 2.24) is 24.9 Å². The molecule has 35 heavy (non-hydrogen) atoms. The van der Waals surface area contributed by atoms with Crippen LogP contribution >= 0.6 is 23.4 Å². The highest BCUT2D eigenvalue weighted by Crippen LogP contribution is 2.29. The van der Waals surface area contributed by atoms with E-state index < -0.39 is 4.92 Å². The van der Waals surface area contributed by atoms with Crippen LogP contribution in [0.15, 0.2) is 77.0 Å². The van der Waals surface area contributed by atoms with Crippen LogP contribution in [0.2, 0.25) is 5.02 Å². The minimum absolute atomic E-state index is 0.0474. The lowest BCUT2D eigenvalue weighted by molar-refractivity contribution is -0.384. The molecule has 3 N–H and O–H groups in total. The SMILES string of the molecule is Cc1ccc(Cl)cc1Nc1nc(Nc2cccc([N+](=O)[O-])c2)nc(Sc2nc3ccccc3[nH]2)n1. The summed E-state index contributed by atoms with van der Waals surface area (Å²) >= 11 is 7.40. The van der Waals surface area contributed by atoms with Gasteiger partial charge in [-0.1, -0.05) is 35.9 Å². The molecule has 0 spiro atoms. The van der Waals surface area contributed by atoms with Crippen LogP contribution in [0.3, 0.4) is 0 Å². The first-order chi connectivity index (χ1) is 16.9. The number of aryl methyl sites for hydroxylation is 1. The standard InChI is InChI=1S/C23H17ClN8O2S/c1-13-9-10-14(24)11-19(13)26-21-29-20(25-15-5-4-6-16(12-15)32(33)34)30-23(31-21)35-22-27-17-7-2-3-8-18(17)28-22/h2-12H,1H3,(H,27,28)(H2,25,26,29,30,31). The van der Waals surface area contributed by atoms with E-state index in [-0.39, 0.29) is 17.6 Å². The van der Waals surface area contributed by atoms with Crippen LogP contribution in [0, 0.1) is 17.0 Å². The molecule has 0 bridgehead atoms. The first-order valence-corrected chi connectivity index (χ1v) is 11.6. The number of benzene rings is 3. The van der Waals surface area contributed by atoms with Gasteiger partial charge in [-0.2, -0.15) is 15.0 Å².